The van der Waals surface area contributed by atoms with Crippen molar-refractivity contribution in [1.82, 2.24) is 9.88 Å². The fraction of sp³-hybridized carbons (Fsp3) is 0.385. The highest BCUT2D eigenvalue weighted by molar-refractivity contribution is 8.15. The molecule has 1 unspecified atom stereocenters. The van der Waals surface area contributed by atoms with Crippen LogP contribution in [0.25, 0.3) is 10.9 Å². The van der Waals surface area contributed by atoms with Crippen molar-refractivity contribution in [3.05, 3.63) is 59.8 Å². The number of hydrogen-bond donors (Lipinski definition) is 3. The van der Waals surface area contributed by atoms with Gasteiger partial charge in [0.15, 0.2) is 0 Å². The number of anilines is 1. The lowest BCUT2D eigenvalue weighted by atomic mass is 10.1. The molecule has 1 atom stereocenters. The van der Waals surface area contributed by atoms with Crippen molar-refractivity contribution in [2.75, 3.05) is 31.5 Å². The quantitative estimate of drug-likeness (QED) is 0.401. The lowest BCUT2D eigenvalue weighted by Crippen LogP contribution is -2.41. The van der Waals surface area contributed by atoms with E-state index in [1.807, 2.05) is 17.0 Å². The average Bonchev–Trinajstić information content (AvgIpc) is 3.52. The number of thioether (sulfide) groups is 1. The highest BCUT2D eigenvalue weighted by Crippen LogP contribution is 2.32. The van der Waals surface area contributed by atoms with Crippen LogP contribution in [0.5, 0.6) is 0 Å². The van der Waals surface area contributed by atoms with Crippen molar-refractivity contribution in [1.29, 1.82) is 0 Å². The number of hydrogen-bond acceptors (Lipinski definition) is 7. The number of aliphatic hydroxyl groups is 1. The van der Waals surface area contributed by atoms with Crippen LogP contribution in [0, 0.1) is 0 Å². The Kier molecular flexibility index (Phi) is 7.57. The Bertz CT molecular complexity index is 1430. The van der Waals surface area contributed by atoms with Gasteiger partial charge in [-0.1, -0.05) is 42.1 Å². The molecular formula is C26H30N4O5S2. The number of likely N-dealkylation sites (tertiary alicyclic amines) is 1. The summed E-state index contributed by atoms with van der Waals surface area (Å²) in [5.41, 5.74) is 2.48. The van der Waals surface area contributed by atoms with E-state index in [1.54, 1.807) is 48.2 Å². The van der Waals surface area contributed by atoms with Crippen molar-refractivity contribution in [3.63, 3.8) is 0 Å². The van der Waals surface area contributed by atoms with Gasteiger partial charge < -0.3 is 19.7 Å². The monoisotopic (exact) mass is 542 g/mol. The minimum absolute atomic E-state index is 0.0519. The lowest BCUT2D eigenvalue weighted by Gasteiger charge is -2.30. The van der Waals surface area contributed by atoms with Crippen LogP contribution in [-0.2, 0) is 26.2 Å². The second-order valence-corrected chi connectivity index (χ2v) is 12.2. The van der Waals surface area contributed by atoms with Gasteiger partial charge in [0.25, 0.3) is 10.0 Å². The zero-order valence-corrected chi connectivity index (χ0v) is 22.1. The summed E-state index contributed by atoms with van der Waals surface area (Å²) >= 11 is 1.56. The van der Waals surface area contributed by atoms with Crippen LogP contribution in [0.15, 0.2) is 58.4 Å². The van der Waals surface area contributed by atoms with Gasteiger partial charge in [0.05, 0.1) is 41.0 Å². The van der Waals surface area contributed by atoms with E-state index in [1.165, 1.54) is 7.11 Å². The van der Waals surface area contributed by atoms with E-state index in [-0.39, 0.29) is 28.8 Å². The molecule has 11 heteroatoms. The molecule has 196 valence electrons. The number of carbonyl (C=O) groups is 1. The SMILES string of the molecule is COCc1ccccc1S(=O)(=O)Nc1cccc2cc(C3=NCC(CC(=O)N4CCC(O)CC4)S3)[nH]c12. The van der Waals surface area contributed by atoms with Crippen LogP contribution in [-0.4, -0.2) is 72.5 Å². The maximum atomic E-state index is 13.2. The number of nitrogens with zero attached hydrogens (tertiary/aromatic N) is 2. The van der Waals surface area contributed by atoms with Gasteiger partial charge >= 0.3 is 0 Å². The number of benzene rings is 2. The van der Waals surface area contributed by atoms with Gasteiger partial charge in [-0.3, -0.25) is 14.5 Å². The predicted molar refractivity (Wildman–Crippen MR) is 145 cm³/mol. The number of sulfonamides is 1. The Balaban J connectivity index is 1.30. The molecule has 0 spiro atoms. The van der Waals surface area contributed by atoms with Crippen LogP contribution in [0.2, 0.25) is 0 Å². The molecule has 1 amide bonds. The molecule has 3 N–H and O–H groups in total. The van der Waals surface area contributed by atoms with Crippen molar-refractivity contribution in [3.8, 4) is 0 Å². The summed E-state index contributed by atoms with van der Waals surface area (Å²) < 4.78 is 34.4. The number of fused-ring (bicyclic) bond motifs is 1. The van der Waals surface area contributed by atoms with Gasteiger partial charge in [-0.05, 0) is 36.6 Å². The predicted octanol–water partition coefficient (Wildman–Crippen LogP) is 3.35. The van der Waals surface area contributed by atoms with Crippen molar-refractivity contribution < 1.29 is 23.1 Å². The van der Waals surface area contributed by atoms with Gasteiger partial charge in [0.2, 0.25) is 5.91 Å². The number of aromatic nitrogens is 1. The Morgan fingerprint density at radius 3 is 2.78 bits per heavy atom. The van der Waals surface area contributed by atoms with E-state index in [0.29, 0.717) is 55.7 Å². The van der Waals surface area contributed by atoms with Gasteiger partial charge in [-0.2, -0.15) is 0 Å². The molecule has 3 heterocycles. The summed E-state index contributed by atoms with van der Waals surface area (Å²) in [4.78, 5) is 22.7. The number of ether oxygens (including phenoxy) is 1. The molecule has 5 rings (SSSR count). The van der Waals surface area contributed by atoms with E-state index in [9.17, 15) is 18.3 Å². The first kappa shape index (κ1) is 25.8. The molecule has 0 radical (unpaired) electrons. The first-order chi connectivity index (χ1) is 17.8. The van der Waals surface area contributed by atoms with E-state index >= 15 is 0 Å². The summed E-state index contributed by atoms with van der Waals surface area (Å²) in [5, 5.41) is 11.4. The zero-order chi connectivity index (χ0) is 26.0. The summed E-state index contributed by atoms with van der Waals surface area (Å²) in [6.07, 6.45) is 1.35. The summed E-state index contributed by atoms with van der Waals surface area (Å²) in [5.74, 6) is 0.0999. The maximum absolute atomic E-state index is 13.2. The third kappa shape index (κ3) is 5.69. The standard InChI is InChI=1S/C26H30N4O5S2/c1-35-16-18-5-2-3-8-23(18)37(33,34)29-21-7-4-6-17-13-22(28-25(17)21)26-27-15-20(36-26)14-24(32)30-11-9-19(31)10-12-30/h2-8,13,19-20,28-29,31H,9-12,14-16H2,1H3. The number of amides is 1. The Morgan fingerprint density at radius 2 is 2.00 bits per heavy atom. The first-order valence-electron chi connectivity index (χ1n) is 12.2. The van der Waals surface area contributed by atoms with E-state index in [0.717, 1.165) is 16.1 Å². The van der Waals surface area contributed by atoms with Crippen LogP contribution in [0.1, 0.15) is 30.5 Å². The molecule has 0 saturated carbocycles. The lowest BCUT2D eigenvalue weighted by molar-refractivity contribution is -0.133. The number of nitrogens with one attached hydrogen (secondary N) is 2. The van der Waals surface area contributed by atoms with Gasteiger partial charge in [0, 0.05) is 37.3 Å². The number of carbonyl (C=O) groups excluding carboxylic acids is 1. The fourth-order valence-corrected chi connectivity index (χ4v) is 7.08. The second kappa shape index (κ2) is 10.9. The molecule has 2 aliphatic heterocycles. The highest BCUT2D eigenvalue weighted by atomic mass is 32.2. The van der Waals surface area contributed by atoms with Crippen LogP contribution < -0.4 is 4.72 Å². The smallest absolute Gasteiger partial charge is 0.262 e. The number of piperidine rings is 1. The summed E-state index contributed by atoms with van der Waals surface area (Å²) in [6.45, 7) is 1.94. The fourth-order valence-electron chi connectivity index (χ4n) is 4.71. The first-order valence-corrected chi connectivity index (χ1v) is 14.6. The average molecular weight is 543 g/mol. The number of para-hydroxylation sites is 1. The van der Waals surface area contributed by atoms with E-state index in [2.05, 4.69) is 14.7 Å². The Labute approximate surface area is 220 Å². The van der Waals surface area contributed by atoms with Crippen LogP contribution >= 0.6 is 11.8 Å². The van der Waals surface area contributed by atoms with Crippen molar-refractivity contribution in [2.24, 2.45) is 4.99 Å². The molecule has 0 bridgehead atoms. The molecule has 0 aliphatic carbocycles. The number of aliphatic hydroxyl groups excluding tert-OH is 1. The number of aromatic amines is 1. The second-order valence-electron chi connectivity index (χ2n) is 9.30. The number of methoxy groups -OCH3 is 1. The van der Waals surface area contributed by atoms with Gasteiger partial charge in [0.1, 0.15) is 5.04 Å². The minimum atomic E-state index is -3.85. The molecule has 2 aliphatic rings. The van der Waals surface area contributed by atoms with E-state index < -0.39 is 10.0 Å². The largest absolute Gasteiger partial charge is 0.393 e. The van der Waals surface area contributed by atoms with Crippen molar-refractivity contribution >= 4 is 49.3 Å². The molecule has 1 saturated heterocycles. The minimum Gasteiger partial charge on any atom is -0.393 e. The van der Waals surface area contributed by atoms with Crippen LogP contribution in [0.4, 0.5) is 5.69 Å². The number of rotatable bonds is 8. The van der Waals surface area contributed by atoms with Gasteiger partial charge in [-0.25, -0.2) is 8.42 Å². The third-order valence-corrected chi connectivity index (χ3v) is 9.32. The molecule has 1 fully saturated rings. The molecule has 9 nitrogen and oxygen atoms in total. The molecule has 3 aromatic rings. The normalized spacial score (nSPS) is 18.8. The van der Waals surface area contributed by atoms with Crippen molar-refractivity contribution in [2.45, 2.75) is 42.1 Å². The number of H-pyrrole nitrogens is 1. The summed E-state index contributed by atoms with van der Waals surface area (Å²) in [7, 11) is -2.32. The molecular weight excluding hydrogens is 512 g/mol. The van der Waals surface area contributed by atoms with Crippen LogP contribution in [0.3, 0.4) is 0 Å². The number of aliphatic imine (C=N–C) groups is 1. The van der Waals surface area contributed by atoms with Gasteiger partial charge in [-0.15, -0.1) is 0 Å². The topological polar surface area (TPSA) is 124 Å². The highest BCUT2D eigenvalue weighted by Gasteiger charge is 2.28. The maximum Gasteiger partial charge on any atom is 0.262 e. The Hall–Kier alpha value is -2.86. The zero-order valence-electron chi connectivity index (χ0n) is 20.5. The molecule has 37 heavy (non-hydrogen) atoms. The summed E-state index contributed by atoms with van der Waals surface area (Å²) in [6, 6.07) is 14.2. The molecule has 2 aromatic carbocycles. The third-order valence-electron chi connectivity index (χ3n) is 6.63. The Morgan fingerprint density at radius 1 is 1.22 bits per heavy atom. The molecule has 1 aromatic heterocycles. The van der Waals surface area contributed by atoms with E-state index in [4.69, 9.17) is 4.74 Å².